The maximum absolute atomic E-state index is 11.2. The fourth-order valence-corrected chi connectivity index (χ4v) is 3.10. The second-order valence-electron chi connectivity index (χ2n) is 6.47. The van der Waals surface area contributed by atoms with Gasteiger partial charge in [-0.25, -0.2) is 9.97 Å². The third-order valence-corrected chi connectivity index (χ3v) is 4.83. The number of nitro benzene ring substituents is 1. The number of ether oxygens (including phenoxy) is 1. The standard InChI is InChI=1S/C22H16ClN5O3/c23-19-7-3-1-5-15(19)13-31-21-10-9-17(28(29)30)11-16(21)12-26-27-22-18-6-2-4-8-20(18)24-14-25-22/h1-12,14H,13H2,(H,24,25,27)/b26-12+. The van der Waals surface area contributed by atoms with Crippen LogP contribution in [0.5, 0.6) is 5.75 Å². The van der Waals surface area contributed by atoms with E-state index in [4.69, 9.17) is 16.3 Å². The molecule has 0 aliphatic rings. The number of hydrazone groups is 1. The Labute approximate surface area is 182 Å². The van der Waals surface area contributed by atoms with E-state index in [1.54, 1.807) is 6.07 Å². The molecule has 0 aliphatic carbocycles. The lowest BCUT2D eigenvalue weighted by molar-refractivity contribution is -0.384. The summed E-state index contributed by atoms with van der Waals surface area (Å²) in [5.41, 5.74) is 4.81. The van der Waals surface area contributed by atoms with Gasteiger partial charge in [0.1, 0.15) is 18.7 Å². The van der Waals surface area contributed by atoms with Crippen LogP contribution in [-0.2, 0) is 6.61 Å². The van der Waals surface area contributed by atoms with Crippen molar-refractivity contribution < 1.29 is 9.66 Å². The molecule has 0 aliphatic heterocycles. The first-order valence-corrected chi connectivity index (χ1v) is 9.63. The third kappa shape index (κ3) is 4.76. The molecular formula is C22H16ClN5O3. The Balaban J connectivity index is 1.58. The summed E-state index contributed by atoms with van der Waals surface area (Å²) in [6, 6.07) is 19.1. The lowest BCUT2D eigenvalue weighted by Gasteiger charge is -2.10. The molecule has 9 heteroatoms. The summed E-state index contributed by atoms with van der Waals surface area (Å²) in [5.74, 6) is 0.953. The number of hydrogen-bond acceptors (Lipinski definition) is 7. The second-order valence-corrected chi connectivity index (χ2v) is 6.88. The molecule has 4 aromatic rings. The van der Waals surface area contributed by atoms with Crippen LogP contribution in [-0.4, -0.2) is 21.1 Å². The van der Waals surface area contributed by atoms with Gasteiger partial charge in [-0.1, -0.05) is 41.9 Å². The number of aromatic nitrogens is 2. The van der Waals surface area contributed by atoms with Gasteiger partial charge in [-0.15, -0.1) is 0 Å². The van der Waals surface area contributed by atoms with Crippen LogP contribution in [0.2, 0.25) is 5.02 Å². The average molecular weight is 434 g/mol. The molecule has 1 aromatic heterocycles. The summed E-state index contributed by atoms with van der Waals surface area (Å²) >= 11 is 6.18. The van der Waals surface area contributed by atoms with E-state index in [1.165, 1.54) is 30.7 Å². The number of non-ortho nitro benzene ring substituents is 1. The van der Waals surface area contributed by atoms with Gasteiger partial charge < -0.3 is 4.74 Å². The van der Waals surface area contributed by atoms with Gasteiger partial charge in [0.2, 0.25) is 0 Å². The summed E-state index contributed by atoms with van der Waals surface area (Å²) < 4.78 is 5.86. The van der Waals surface area contributed by atoms with Crippen molar-refractivity contribution in [3.05, 3.63) is 99.3 Å². The minimum absolute atomic E-state index is 0.0703. The zero-order valence-corrected chi connectivity index (χ0v) is 16.9. The van der Waals surface area contributed by atoms with Gasteiger partial charge in [-0.2, -0.15) is 5.10 Å². The Morgan fingerprint density at radius 1 is 1.10 bits per heavy atom. The summed E-state index contributed by atoms with van der Waals surface area (Å²) in [7, 11) is 0. The number of nitrogens with zero attached hydrogens (tertiary/aromatic N) is 4. The molecule has 4 rings (SSSR count). The first kappa shape index (κ1) is 20.2. The highest BCUT2D eigenvalue weighted by Crippen LogP contribution is 2.25. The highest BCUT2D eigenvalue weighted by atomic mass is 35.5. The quantitative estimate of drug-likeness (QED) is 0.243. The first-order valence-electron chi connectivity index (χ1n) is 9.25. The largest absolute Gasteiger partial charge is 0.488 e. The predicted octanol–water partition coefficient (Wildman–Crippen LogP) is 5.22. The Morgan fingerprint density at radius 3 is 2.74 bits per heavy atom. The van der Waals surface area contributed by atoms with Gasteiger partial charge in [0, 0.05) is 33.7 Å². The lowest BCUT2D eigenvalue weighted by atomic mass is 10.2. The Hall–Kier alpha value is -4.04. The molecule has 154 valence electrons. The molecular weight excluding hydrogens is 418 g/mol. The van der Waals surface area contributed by atoms with Crippen molar-refractivity contribution >= 4 is 40.2 Å². The number of rotatable bonds is 7. The number of nitrogens with one attached hydrogen (secondary N) is 1. The van der Waals surface area contributed by atoms with Crippen LogP contribution in [0.1, 0.15) is 11.1 Å². The van der Waals surface area contributed by atoms with E-state index < -0.39 is 4.92 Å². The number of para-hydroxylation sites is 1. The Bertz CT molecular complexity index is 1270. The summed E-state index contributed by atoms with van der Waals surface area (Å²) in [6.07, 6.45) is 2.89. The molecule has 31 heavy (non-hydrogen) atoms. The van der Waals surface area contributed by atoms with E-state index in [9.17, 15) is 10.1 Å². The lowest BCUT2D eigenvalue weighted by Crippen LogP contribution is -2.01. The predicted molar refractivity (Wildman–Crippen MR) is 120 cm³/mol. The van der Waals surface area contributed by atoms with E-state index in [0.717, 1.165) is 16.5 Å². The number of anilines is 1. The van der Waals surface area contributed by atoms with Gasteiger partial charge >= 0.3 is 0 Å². The van der Waals surface area contributed by atoms with Crippen LogP contribution < -0.4 is 10.2 Å². The van der Waals surface area contributed by atoms with Crippen molar-refractivity contribution in [1.29, 1.82) is 0 Å². The highest BCUT2D eigenvalue weighted by molar-refractivity contribution is 6.31. The molecule has 8 nitrogen and oxygen atoms in total. The SMILES string of the molecule is O=[N+]([O-])c1ccc(OCc2ccccc2Cl)c(/C=N/Nc2ncnc3ccccc23)c1. The minimum atomic E-state index is -0.472. The fraction of sp³-hybridized carbons (Fsp3) is 0.0455. The topological polar surface area (TPSA) is 103 Å². The van der Waals surface area contributed by atoms with Crippen molar-refractivity contribution in [2.24, 2.45) is 5.10 Å². The number of halogens is 1. The van der Waals surface area contributed by atoms with Crippen molar-refractivity contribution in [1.82, 2.24) is 9.97 Å². The molecule has 0 fully saturated rings. The Morgan fingerprint density at radius 2 is 1.90 bits per heavy atom. The van der Waals surface area contributed by atoms with Crippen LogP contribution in [0.15, 0.2) is 78.2 Å². The monoisotopic (exact) mass is 433 g/mol. The zero-order valence-electron chi connectivity index (χ0n) is 16.1. The van der Waals surface area contributed by atoms with Crippen LogP contribution >= 0.6 is 11.6 Å². The fourth-order valence-electron chi connectivity index (χ4n) is 2.91. The van der Waals surface area contributed by atoms with Crippen molar-refractivity contribution in [2.45, 2.75) is 6.61 Å². The van der Waals surface area contributed by atoms with Crippen LogP contribution in [0, 0.1) is 10.1 Å². The molecule has 0 amide bonds. The van der Waals surface area contributed by atoms with Crippen molar-refractivity contribution in [2.75, 3.05) is 5.43 Å². The number of fused-ring (bicyclic) bond motifs is 1. The average Bonchev–Trinajstić information content (AvgIpc) is 2.79. The number of nitro groups is 1. The first-order chi connectivity index (χ1) is 15.1. The van der Waals surface area contributed by atoms with Gasteiger partial charge in [0.15, 0.2) is 5.82 Å². The molecule has 0 unspecified atom stereocenters. The molecule has 0 saturated carbocycles. The number of benzene rings is 3. The van der Waals surface area contributed by atoms with Gasteiger partial charge in [0.05, 0.1) is 16.7 Å². The van der Waals surface area contributed by atoms with Gasteiger partial charge in [-0.3, -0.25) is 15.5 Å². The number of hydrogen-bond donors (Lipinski definition) is 1. The molecule has 0 radical (unpaired) electrons. The smallest absolute Gasteiger partial charge is 0.270 e. The van der Waals surface area contributed by atoms with Gasteiger partial charge in [0.25, 0.3) is 5.69 Å². The van der Waals surface area contributed by atoms with E-state index in [1.807, 2.05) is 42.5 Å². The molecule has 3 aromatic carbocycles. The van der Waals surface area contributed by atoms with Crippen molar-refractivity contribution in [3.63, 3.8) is 0 Å². The second kappa shape index (κ2) is 9.19. The molecule has 0 spiro atoms. The maximum Gasteiger partial charge on any atom is 0.270 e. The molecule has 1 heterocycles. The van der Waals surface area contributed by atoms with Crippen molar-refractivity contribution in [3.8, 4) is 5.75 Å². The van der Waals surface area contributed by atoms with E-state index in [-0.39, 0.29) is 12.3 Å². The minimum Gasteiger partial charge on any atom is -0.488 e. The van der Waals surface area contributed by atoms with E-state index in [2.05, 4.69) is 20.5 Å². The molecule has 0 saturated heterocycles. The van der Waals surface area contributed by atoms with Crippen LogP contribution in [0.25, 0.3) is 10.9 Å². The third-order valence-electron chi connectivity index (χ3n) is 4.46. The molecule has 0 atom stereocenters. The summed E-state index contributed by atoms with van der Waals surface area (Å²) in [4.78, 5) is 19.1. The maximum atomic E-state index is 11.2. The summed E-state index contributed by atoms with van der Waals surface area (Å²) in [6.45, 7) is 0.211. The van der Waals surface area contributed by atoms with Crippen LogP contribution in [0.3, 0.4) is 0 Å². The molecule has 1 N–H and O–H groups in total. The van der Waals surface area contributed by atoms with E-state index >= 15 is 0 Å². The highest BCUT2D eigenvalue weighted by Gasteiger charge is 2.12. The molecule has 0 bridgehead atoms. The van der Waals surface area contributed by atoms with Gasteiger partial charge in [-0.05, 0) is 24.3 Å². The van der Waals surface area contributed by atoms with Crippen LogP contribution in [0.4, 0.5) is 11.5 Å². The zero-order chi connectivity index (χ0) is 21.6. The summed E-state index contributed by atoms with van der Waals surface area (Å²) in [5, 5.41) is 16.8. The van der Waals surface area contributed by atoms with E-state index in [0.29, 0.717) is 22.2 Å². The normalized spacial score (nSPS) is 11.0. The Kier molecular flexibility index (Phi) is 6.00.